The third-order valence-electron chi connectivity index (χ3n) is 3.79. The van der Waals surface area contributed by atoms with E-state index in [2.05, 4.69) is 13.0 Å². The van der Waals surface area contributed by atoms with Crippen LogP contribution < -0.4 is 5.73 Å². The van der Waals surface area contributed by atoms with Crippen molar-refractivity contribution in [3.05, 3.63) is 33.8 Å². The van der Waals surface area contributed by atoms with Gasteiger partial charge in [0.15, 0.2) is 0 Å². The number of rotatable bonds is 2. The largest absolute Gasteiger partial charge is 0.327 e. The first-order valence-corrected chi connectivity index (χ1v) is 7.01. The van der Waals surface area contributed by atoms with Crippen LogP contribution in [-0.4, -0.2) is 6.04 Å². The Labute approximate surface area is 113 Å². The second kappa shape index (κ2) is 5.60. The fourth-order valence-corrected chi connectivity index (χ4v) is 3.05. The van der Waals surface area contributed by atoms with Crippen molar-refractivity contribution in [3.8, 4) is 0 Å². The Bertz CT molecular complexity index is 392. The van der Waals surface area contributed by atoms with Gasteiger partial charge >= 0.3 is 0 Å². The molecule has 1 aliphatic carbocycles. The van der Waals surface area contributed by atoms with Gasteiger partial charge in [-0.1, -0.05) is 36.2 Å². The lowest BCUT2D eigenvalue weighted by molar-refractivity contribution is 0.245. The summed E-state index contributed by atoms with van der Waals surface area (Å²) in [6.45, 7) is 2.31. The van der Waals surface area contributed by atoms with Crippen LogP contribution in [0.5, 0.6) is 0 Å². The van der Waals surface area contributed by atoms with Crippen molar-refractivity contribution in [3.63, 3.8) is 0 Å². The number of nitrogens with two attached hydrogens (primary N) is 1. The molecule has 1 saturated carbocycles. The highest BCUT2D eigenvalue weighted by Gasteiger charge is 2.25. The van der Waals surface area contributed by atoms with Crippen molar-refractivity contribution >= 4 is 23.2 Å². The Morgan fingerprint density at radius 3 is 2.71 bits per heavy atom. The standard InChI is InChI=1S/C14H19Cl2N/c1-9-2-5-14(17)11(6-9)7-10-3-4-12(15)13(16)8-10/h3-4,8-9,11,14H,2,5-7,17H2,1H3. The van der Waals surface area contributed by atoms with Gasteiger partial charge in [0, 0.05) is 6.04 Å². The molecule has 0 spiro atoms. The number of halogens is 2. The topological polar surface area (TPSA) is 26.0 Å². The van der Waals surface area contributed by atoms with E-state index >= 15 is 0 Å². The van der Waals surface area contributed by atoms with Crippen molar-refractivity contribution in [1.29, 1.82) is 0 Å². The Hall–Kier alpha value is -0.240. The lowest BCUT2D eigenvalue weighted by Gasteiger charge is -2.32. The molecule has 0 aliphatic heterocycles. The molecule has 3 heteroatoms. The van der Waals surface area contributed by atoms with Crippen LogP contribution in [0, 0.1) is 11.8 Å². The molecule has 1 nitrogen and oxygen atoms in total. The molecule has 1 aliphatic rings. The molecular formula is C14H19Cl2N. The van der Waals surface area contributed by atoms with Gasteiger partial charge in [-0.15, -0.1) is 0 Å². The predicted octanol–water partition coefficient (Wildman–Crippen LogP) is 4.30. The maximum Gasteiger partial charge on any atom is 0.0595 e. The molecule has 3 unspecified atom stereocenters. The number of hydrogen-bond acceptors (Lipinski definition) is 1. The average Bonchev–Trinajstić information content (AvgIpc) is 2.29. The Morgan fingerprint density at radius 2 is 2.00 bits per heavy atom. The highest BCUT2D eigenvalue weighted by molar-refractivity contribution is 6.42. The van der Waals surface area contributed by atoms with Gasteiger partial charge in [-0.2, -0.15) is 0 Å². The van der Waals surface area contributed by atoms with Crippen LogP contribution in [0.2, 0.25) is 10.0 Å². The minimum Gasteiger partial charge on any atom is -0.327 e. The molecule has 0 bridgehead atoms. The molecule has 17 heavy (non-hydrogen) atoms. The number of hydrogen-bond donors (Lipinski definition) is 1. The maximum atomic E-state index is 6.20. The van der Waals surface area contributed by atoms with Gasteiger partial charge in [-0.25, -0.2) is 0 Å². The Balaban J connectivity index is 2.06. The van der Waals surface area contributed by atoms with E-state index in [0.717, 1.165) is 18.8 Å². The smallest absolute Gasteiger partial charge is 0.0595 e. The van der Waals surface area contributed by atoms with Crippen LogP contribution in [0.3, 0.4) is 0 Å². The first-order chi connectivity index (χ1) is 8.06. The Kier molecular flexibility index (Phi) is 4.35. The zero-order valence-corrected chi connectivity index (χ0v) is 11.6. The highest BCUT2D eigenvalue weighted by Crippen LogP contribution is 2.31. The van der Waals surface area contributed by atoms with Crippen molar-refractivity contribution in [2.75, 3.05) is 0 Å². The first-order valence-electron chi connectivity index (χ1n) is 6.25. The molecule has 3 atom stereocenters. The van der Waals surface area contributed by atoms with Gasteiger partial charge in [0.2, 0.25) is 0 Å². The van der Waals surface area contributed by atoms with Gasteiger partial charge < -0.3 is 5.73 Å². The lowest BCUT2D eigenvalue weighted by Crippen LogP contribution is -2.36. The van der Waals surface area contributed by atoms with Crippen molar-refractivity contribution < 1.29 is 0 Å². The normalized spacial score (nSPS) is 29.3. The molecule has 1 aromatic rings. The van der Waals surface area contributed by atoms with Crippen LogP contribution in [0.1, 0.15) is 31.7 Å². The molecule has 1 fully saturated rings. The molecule has 0 heterocycles. The van der Waals surface area contributed by atoms with Crippen molar-refractivity contribution in [2.45, 2.75) is 38.6 Å². The monoisotopic (exact) mass is 271 g/mol. The van der Waals surface area contributed by atoms with Crippen LogP contribution in [0.15, 0.2) is 18.2 Å². The summed E-state index contributed by atoms with van der Waals surface area (Å²) in [6, 6.07) is 6.23. The van der Waals surface area contributed by atoms with Crippen LogP contribution in [-0.2, 0) is 6.42 Å². The predicted molar refractivity (Wildman–Crippen MR) is 74.6 cm³/mol. The third kappa shape index (κ3) is 3.37. The van der Waals surface area contributed by atoms with E-state index in [0.29, 0.717) is 22.0 Å². The van der Waals surface area contributed by atoms with Gasteiger partial charge in [-0.05, 0) is 55.2 Å². The zero-order chi connectivity index (χ0) is 12.4. The summed E-state index contributed by atoms with van der Waals surface area (Å²) >= 11 is 12.0. The molecule has 0 aromatic heterocycles. The molecule has 0 radical (unpaired) electrons. The summed E-state index contributed by atoms with van der Waals surface area (Å²) in [7, 11) is 0. The third-order valence-corrected chi connectivity index (χ3v) is 4.52. The van der Waals surface area contributed by atoms with E-state index in [1.807, 2.05) is 12.1 Å². The summed E-state index contributed by atoms with van der Waals surface area (Å²) in [5.74, 6) is 1.37. The summed E-state index contributed by atoms with van der Waals surface area (Å²) < 4.78 is 0. The quantitative estimate of drug-likeness (QED) is 0.853. The van der Waals surface area contributed by atoms with Crippen molar-refractivity contribution in [2.24, 2.45) is 17.6 Å². The van der Waals surface area contributed by atoms with Crippen LogP contribution >= 0.6 is 23.2 Å². The van der Waals surface area contributed by atoms with Gasteiger partial charge in [-0.3, -0.25) is 0 Å². The number of benzene rings is 1. The lowest BCUT2D eigenvalue weighted by atomic mass is 9.76. The SMILES string of the molecule is CC1CCC(N)C(Cc2ccc(Cl)c(Cl)c2)C1. The van der Waals surface area contributed by atoms with E-state index < -0.39 is 0 Å². The fraction of sp³-hybridized carbons (Fsp3) is 0.571. The summed E-state index contributed by atoms with van der Waals surface area (Å²) in [4.78, 5) is 0. The summed E-state index contributed by atoms with van der Waals surface area (Å²) in [6.07, 6.45) is 4.65. The maximum absolute atomic E-state index is 6.20. The first kappa shape index (κ1) is 13.2. The molecule has 2 N–H and O–H groups in total. The second-order valence-electron chi connectivity index (χ2n) is 5.29. The van der Waals surface area contributed by atoms with Gasteiger partial charge in [0.25, 0.3) is 0 Å². The van der Waals surface area contributed by atoms with Gasteiger partial charge in [0.05, 0.1) is 10.0 Å². The highest BCUT2D eigenvalue weighted by atomic mass is 35.5. The van der Waals surface area contributed by atoms with Crippen LogP contribution in [0.25, 0.3) is 0 Å². The van der Waals surface area contributed by atoms with E-state index in [1.165, 1.54) is 18.4 Å². The molecule has 0 saturated heterocycles. The fourth-order valence-electron chi connectivity index (χ4n) is 2.73. The minimum absolute atomic E-state index is 0.334. The van der Waals surface area contributed by atoms with Gasteiger partial charge in [0.1, 0.15) is 0 Å². The van der Waals surface area contributed by atoms with E-state index in [9.17, 15) is 0 Å². The molecule has 0 amide bonds. The second-order valence-corrected chi connectivity index (χ2v) is 6.11. The average molecular weight is 272 g/mol. The summed E-state index contributed by atoms with van der Waals surface area (Å²) in [5, 5.41) is 1.26. The zero-order valence-electron chi connectivity index (χ0n) is 10.1. The molecule has 2 rings (SSSR count). The Morgan fingerprint density at radius 1 is 1.24 bits per heavy atom. The van der Waals surface area contributed by atoms with E-state index in [-0.39, 0.29) is 0 Å². The van der Waals surface area contributed by atoms with Crippen molar-refractivity contribution in [1.82, 2.24) is 0 Å². The van der Waals surface area contributed by atoms with E-state index in [1.54, 1.807) is 0 Å². The molecule has 94 valence electrons. The minimum atomic E-state index is 0.334. The van der Waals surface area contributed by atoms with E-state index in [4.69, 9.17) is 28.9 Å². The van der Waals surface area contributed by atoms with Crippen LogP contribution in [0.4, 0.5) is 0 Å². The summed E-state index contributed by atoms with van der Waals surface area (Å²) in [5.41, 5.74) is 7.44. The molecule has 1 aromatic carbocycles. The molecular weight excluding hydrogens is 253 g/mol.